The summed E-state index contributed by atoms with van der Waals surface area (Å²) in [5.41, 5.74) is 9.13. The van der Waals surface area contributed by atoms with Crippen LogP contribution in [0.1, 0.15) is 83.7 Å². The Balaban J connectivity index is 1.17. The Labute approximate surface area is 182 Å². The molecule has 1 unspecified atom stereocenters. The number of benzene rings is 3. The van der Waals surface area contributed by atoms with E-state index in [0.717, 1.165) is 18.8 Å². The second-order valence-electron chi connectivity index (χ2n) is 9.53. The molecule has 0 spiro atoms. The Morgan fingerprint density at radius 2 is 1.10 bits per heavy atom. The van der Waals surface area contributed by atoms with Crippen LogP contribution in [0.2, 0.25) is 0 Å². The molecule has 0 aromatic heterocycles. The van der Waals surface area contributed by atoms with E-state index < -0.39 is 0 Å². The summed E-state index contributed by atoms with van der Waals surface area (Å²) < 4.78 is 0. The fraction of sp³-hybridized carbons (Fsp3) is 0.400. The molecular weight excluding hydrogens is 360 g/mol. The van der Waals surface area contributed by atoms with E-state index in [4.69, 9.17) is 0 Å². The Hall–Kier alpha value is -2.34. The number of hydrogen-bond donors (Lipinski definition) is 0. The molecule has 0 amide bonds. The molecule has 2 aliphatic rings. The fourth-order valence-corrected chi connectivity index (χ4v) is 5.62. The summed E-state index contributed by atoms with van der Waals surface area (Å²) in [6.45, 7) is 0. The molecule has 30 heavy (non-hydrogen) atoms. The van der Waals surface area contributed by atoms with Crippen LogP contribution in [0.15, 0.2) is 72.8 Å². The van der Waals surface area contributed by atoms with Gasteiger partial charge < -0.3 is 0 Å². The minimum atomic E-state index is 0.682. The SMILES string of the molecule is c1ccc2c(c1)CCC(c1ccc(CCc3ccc(C4CCCCC4)cc3)cc1)C2. The molecule has 0 radical (unpaired) electrons. The summed E-state index contributed by atoms with van der Waals surface area (Å²) in [4.78, 5) is 0. The van der Waals surface area contributed by atoms with Crippen molar-refractivity contribution in [3.05, 3.63) is 106 Å². The normalized spacial score (nSPS) is 19.4. The van der Waals surface area contributed by atoms with Crippen molar-refractivity contribution in [3.8, 4) is 0 Å². The van der Waals surface area contributed by atoms with E-state index >= 15 is 0 Å². The largest absolute Gasteiger partial charge is 0.0620 e. The van der Waals surface area contributed by atoms with Crippen LogP contribution in [0.3, 0.4) is 0 Å². The molecule has 0 saturated heterocycles. The third kappa shape index (κ3) is 4.53. The minimum Gasteiger partial charge on any atom is -0.0620 e. The smallest absolute Gasteiger partial charge is 0.0118 e. The molecule has 0 bridgehead atoms. The summed E-state index contributed by atoms with van der Waals surface area (Å²) in [5.74, 6) is 1.49. The van der Waals surface area contributed by atoms with Crippen molar-refractivity contribution in [2.45, 2.75) is 76.0 Å². The summed E-state index contributed by atoms with van der Waals surface area (Å²) in [6, 6.07) is 28.0. The zero-order valence-corrected chi connectivity index (χ0v) is 18.2. The molecule has 0 heterocycles. The lowest BCUT2D eigenvalue weighted by atomic mass is 9.80. The maximum Gasteiger partial charge on any atom is -0.0118 e. The molecule has 154 valence electrons. The first-order valence-electron chi connectivity index (χ1n) is 12.1. The number of fused-ring (bicyclic) bond motifs is 1. The van der Waals surface area contributed by atoms with Gasteiger partial charge in [-0.2, -0.15) is 0 Å². The van der Waals surface area contributed by atoms with E-state index in [1.807, 2.05) is 0 Å². The molecule has 0 heteroatoms. The zero-order valence-electron chi connectivity index (χ0n) is 18.2. The second-order valence-corrected chi connectivity index (χ2v) is 9.53. The maximum absolute atomic E-state index is 2.40. The van der Waals surface area contributed by atoms with Crippen molar-refractivity contribution in [2.24, 2.45) is 0 Å². The Kier molecular flexibility index (Phi) is 6.02. The lowest BCUT2D eigenvalue weighted by molar-refractivity contribution is 0.443. The van der Waals surface area contributed by atoms with Crippen molar-refractivity contribution in [2.75, 3.05) is 0 Å². The molecule has 3 aromatic carbocycles. The minimum absolute atomic E-state index is 0.682. The molecule has 0 aliphatic heterocycles. The van der Waals surface area contributed by atoms with E-state index in [9.17, 15) is 0 Å². The van der Waals surface area contributed by atoms with Crippen LogP contribution in [0.5, 0.6) is 0 Å². The van der Waals surface area contributed by atoms with Gasteiger partial charge in [-0.05, 0) is 90.2 Å². The molecule has 2 aliphatic carbocycles. The van der Waals surface area contributed by atoms with Crippen molar-refractivity contribution in [1.82, 2.24) is 0 Å². The quantitative estimate of drug-likeness (QED) is 0.414. The Morgan fingerprint density at radius 3 is 1.73 bits per heavy atom. The van der Waals surface area contributed by atoms with Crippen LogP contribution in [0, 0.1) is 0 Å². The highest BCUT2D eigenvalue weighted by Crippen LogP contribution is 2.34. The Bertz CT molecular complexity index is 942. The van der Waals surface area contributed by atoms with Gasteiger partial charge in [0, 0.05) is 0 Å². The van der Waals surface area contributed by atoms with E-state index in [1.54, 1.807) is 16.7 Å². The van der Waals surface area contributed by atoms with Crippen molar-refractivity contribution in [3.63, 3.8) is 0 Å². The number of rotatable bonds is 5. The predicted octanol–water partition coefficient (Wildman–Crippen LogP) is 7.79. The van der Waals surface area contributed by atoms with Gasteiger partial charge in [-0.25, -0.2) is 0 Å². The van der Waals surface area contributed by atoms with E-state index in [1.165, 1.54) is 68.1 Å². The van der Waals surface area contributed by atoms with E-state index in [2.05, 4.69) is 72.8 Å². The molecule has 5 rings (SSSR count). The first-order valence-corrected chi connectivity index (χ1v) is 12.1. The maximum atomic E-state index is 2.40. The monoisotopic (exact) mass is 394 g/mol. The van der Waals surface area contributed by atoms with Crippen molar-refractivity contribution in [1.29, 1.82) is 0 Å². The van der Waals surface area contributed by atoms with Crippen LogP contribution >= 0.6 is 0 Å². The van der Waals surface area contributed by atoms with Crippen LogP contribution in [0.25, 0.3) is 0 Å². The molecule has 3 aromatic rings. The molecule has 0 nitrogen and oxygen atoms in total. The van der Waals surface area contributed by atoms with Gasteiger partial charge in [-0.3, -0.25) is 0 Å². The van der Waals surface area contributed by atoms with Gasteiger partial charge in [-0.15, -0.1) is 0 Å². The number of hydrogen-bond acceptors (Lipinski definition) is 0. The van der Waals surface area contributed by atoms with Crippen LogP contribution in [-0.4, -0.2) is 0 Å². The van der Waals surface area contributed by atoms with Crippen LogP contribution in [-0.2, 0) is 25.7 Å². The molecular formula is C30H34. The van der Waals surface area contributed by atoms with Crippen molar-refractivity contribution < 1.29 is 0 Å². The van der Waals surface area contributed by atoms with E-state index in [0.29, 0.717) is 5.92 Å². The molecule has 1 saturated carbocycles. The second kappa shape index (κ2) is 9.21. The fourth-order valence-electron chi connectivity index (χ4n) is 5.62. The van der Waals surface area contributed by atoms with Crippen molar-refractivity contribution >= 4 is 0 Å². The lowest BCUT2D eigenvalue weighted by Gasteiger charge is -2.25. The highest BCUT2D eigenvalue weighted by molar-refractivity contribution is 5.35. The predicted molar refractivity (Wildman–Crippen MR) is 127 cm³/mol. The molecule has 0 N–H and O–H groups in total. The molecule has 1 fully saturated rings. The first kappa shape index (κ1) is 19.6. The zero-order chi connectivity index (χ0) is 20.2. The lowest BCUT2D eigenvalue weighted by Crippen LogP contribution is -2.12. The summed E-state index contributed by atoms with van der Waals surface area (Å²) >= 11 is 0. The van der Waals surface area contributed by atoms with Crippen LogP contribution in [0.4, 0.5) is 0 Å². The standard InChI is InChI=1S/C30H34/c1-2-6-25(7-3-1)27-16-12-23(13-17-27)10-11-24-14-18-28(19-15-24)30-21-20-26-8-4-5-9-29(26)22-30/h4-5,8-9,12-19,25,30H,1-3,6-7,10-11,20-22H2. The van der Waals surface area contributed by atoms with Gasteiger partial charge in [-0.1, -0.05) is 92.1 Å². The summed E-state index contributed by atoms with van der Waals surface area (Å²) in [7, 11) is 0. The third-order valence-corrected chi connectivity index (χ3v) is 7.56. The van der Waals surface area contributed by atoms with Gasteiger partial charge in [0.2, 0.25) is 0 Å². The molecule has 1 atom stereocenters. The third-order valence-electron chi connectivity index (χ3n) is 7.56. The highest BCUT2D eigenvalue weighted by atomic mass is 14.2. The van der Waals surface area contributed by atoms with Crippen LogP contribution < -0.4 is 0 Å². The van der Waals surface area contributed by atoms with Gasteiger partial charge in [0.05, 0.1) is 0 Å². The first-order chi connectivity index (χ1) is 14.8. The van der Waals surface area contributed by atoms with Gasteiger partial charge in [0.25, 0.3) is 0 Å². The summed E-state index contributed by atoms with van der Waals surface area (Å²) in [5, 5.41) is 0. The highest BCUT2D eigenvalue weighted by Gasteiger charge is 2.19. The van der Waals surface area contributed by atoms with Gasteiger partial charge in [0.15, 0.2) is 0 Å². The van der Waals surface area contributed by atoms with E-state index in [-0.39, 0.29) is 0 Å². The van der Waals surface area contributed by atoms with Gasteiger partial charge in [0.1, 0.15) is 0 Å². The average molecular weight is 395 g/mol. The summed E-state index contributed by atoms with van der Waals surface area (Å²) in [6.07, 6.45) is 13.0. The average Bonchev–Trinajstić information content (AvgIpc) is 2.84. The topological polar surface area (TPSA) is 0 Å². The number of aryl methyl sites for hydroxylation is 3. The Morgan fingerprint density at radius 1 is 0.533 bits per heavy atom. The van der Waals surface area contributed by atoms with Gasteiger partial charge >= 0.3 is 0 Å².